The van der Waals surface area contributed by atoms with Crippen molar-refractivity contribution in [2.45, 2.75) is 13.5 Å². The summed E-state index contributed by atoms with van der Waals surface area (Å²) in [4.78, 5) is 8.62. The standard InChI is InChI=1S/C16H13ClN2O3/c1-10(18-9-11-4-2-5-12(17)8-11)14-16(20)22-15(19-14)13-6-3-7-21-13/h2-8,20H,9H2,1H3. The van der Waals surface area contributed by atoms with Crippen LogP contribution in [0.15, 0.2) is 56.5 Å². The normalized spacial score (nSPS) is 11.8. The van der Waals surface area contributed by atoms with Crippen molar-refractivity contribution in [3.8, 4) is 17.6 Å². The van der Waals surface area contributed by atoms with Crippen LogP contribution in [0, 0.1) is 0 Å². The van der Waals surface area contributed by atoms with Gasteiger partial charge in [0.25, 0.3) is 5.89 Å². The van der Waals surface area contributed by atoms with Crippen LogP contribution in [-0.2, 0) is 6.54 Å². The van der Waals surface area contributed by atoms with Crippen molar-refractivity contribution in [2.75, 3.05) is 0 Å². The van der Waals surface area contributed by atoms with E-state index in [0.717, 1.165) is 5.56 Å². The van der Waals surface area contributed by atoms with Gasteiger partial charge in [0.15, 0.2) is 11.5 Å². The summed E-state index contributed by atoms with van der Waals surface area (Å²) in [6.07, 6.45) is 1.51. The molecule has 2 heterocycles. The summed E-state index contributed by atoms with van der Waals surface area (Å²) in [7, 11) is 0. The molecule has 0 amide bonds. The van der Waals surface area contributed by atoms with Gasteiger partial charge in [0.05, 0.1) is 18.5 Å². The van der Waals surface area contributed by atoms with Crippen LogP contribution in [0.4, 0.5) is 0 Å². The van der Waals surface area contributed by atoms with E-state index in [0.29, 0.717) is 28.7 Å². The molecule has 0 unspecified atom stereocenters. The van der Waals surface area contributed by atoms with Gasteiger partial charge in [-0.3, -0.25) is 4.99 Å². The van der Waals surface area contributed by atoms with Gasteiger partial charge in [0, 0.05) is 5.02 Å². The molecule has 0 fully saturated rings. The van der Waals surface area contributed by atoms with Gasteiger partial charge in [-0.25, -0.2) is 4.98 Å². The number of hydrogen-bond donors (Lipinski definition) is 1. The first-order valence-corrected chi connectivity index (χ1v) is 7.01. The minimum absolute atomic E-state index is 0.217. The monoisotopic (exact) mass is 316 g/mol. The predicted molar refractivity (Wildman–Crippen MR) is 83.2 cm³/mol. The molecular weight excluding hydrogens is 304 g/mol. The maximum Gasteiger partial charge on any atom is 0.312 e. The zero-order valence-corrected chi connectivity index (χ0v) is 12.5. The molecule has 22 heavy (non-hydrogen) atoms. The smallest absolute Gasteiger partial charge is 0.312 e. The average Bonchev–Trinajstić information content (AvgIpc) is 3.14. The Morgan fingerprint density at radius 3 is 2.91 bits per heavy atom. The van der Waals surface area contributed by atoms with E-state index in [2.05, 4.69) is 9.98 Å². The Morgan fingerprint density at radius 2 is 2.18 bits per heavy atom. The van der Waals surface area contributed by atoms with Crippen LogP contribution in [0.25, 0.3) is 11.7 Å². The van der Waals surface area contributed by atoms with E-state index >= 15 is 0 Å². The number of aromatic nitrogens is 1. The molecule has 1 N–H and O–H groups in total. The third-order valence-corrected chi connectivity index (χ3v) is 3.31. The summed E-state index contributed by atoms with van der Waals surface area (Å²) in [5.74, 6) is 0.387. The Bertz CT molecular complexity index is 807. The molecule has 0 atom stereocenters. The highest BCUT2D eigenvalue weighted by atomic mass is 35.5. The minimum atomic E-state index is -0.279. The van der Waals surface area contributed by atoms with Crippen molar-refractivity contribution >= 4 is 17.3 Å². The van der Waals surface area contributed by atoms with Gasteiger partial charge in [-0.1, -0.05) is 23.7 Å². The lowest BCUT2D eigenvalue weighted by atomic mass is 10.2. The van der Waals surface area contributed by atoms with Gasteiger partial charge in [-0.05, 0) is 36.8 Å². The van der Waals surface area contributed by atoms with Crippen LogP contribution in [-0.4, -0.2) is 15.8 Å². The van der Waals surface area contributed by atoms with Crippen LogP contribution >= 0.6 is 11.6 Å². The molecule has 0 aliphatic heterocycles. The fraction of sp³-hybridized carbons (Fsp3) is 0.125. The van der Waals surface area contributed by atoms with Crippen molar-refractivity contribution in [3.63, 3.8) is 0 Å². The number of hydrogen-bond acceptors (Lipinski definition) is 5. The summed E-state index contributed by atoms with van der Waals surface area (Å²) < 4.78 is 10.4. The Morgan fingerprint density at radius 1 is 1.32 bits per heavy atom. The zero-order chi connectivity index (χ0) is 15.5. The lowest BCUT2D eigenvalue weighted by molar-refractivity contribution is 0.333. The summed E-state index contributed by atoms with van der Waals surface area (Å²) >= 11 is 5.94. The number of nitrogens with zero attached hydrogens (tertiary/aromatic N) is 2. The molecule has 5 nitrogen and oxygen atoms in total. The molecule has 112 valence electrons. The molecule has 3 aromatic rings. The van der Waals surface area contributed by atoms with Crippen molar-refractivity contribution < 1.29 is 13.9 Å². The van der Waals surface area contributed by atoms with Gasteiger partial charge < -0.3 is 13.9 Å². The topological polar surface area (TPSA) is 71.8 Å². The van der Waals surface area contributed by atoms with Gasteiger partial charge in [0.2, 0.25) is 0 Å². The number of benzene rings is 1. The van der Waals surface area contributed by atoms with Crippen LogP contribution in [0.2, 0.25) is 5.02 Å². The van der Waals surface area contributed by atoms with Gasteiger partial charge in [-0.15, -0.1) is 0 Å². The van der Waals surface area contributed by atoms with E-state index in [9.17, 15) is 5.11 Å². The van der Waals surface area contributed by atoms with Gasteiger partial charge >= 0.3 is 5.95 Å². The summed E-state index contributed by atoms with van der Waals surface area (Å²) in [6, 6.07) is 10.9. The summed E-state index contributed by atoms with van der Waals surface area (Å²) in [6.45, 7) is 2.20. The lowest BCUT2D eigenvalue weighted by Crippen LogP contribution is -1.97. The van der Waals surface area contributed by atoms with E-state index < -0.39 is 0 Å². The zero-order valence-electron chi connectivity index (χ0n) is 11.8. The van der Waals surface area contributed by atoms with Crippen molar-refractivity contribution in [1.29, 1.82) is 0 Å². The molecule has 0 saturated heterocycles. The maximum atomic E-state index is 9.87. The molecule has 0 spiro atoms. The van der Waals surface area contributed by atoms with E-state index in [-0.39, 0.29) is 11.8 Å². The minimum Gasteiger partial charge on any atom is -0.479 e. The SMILES string of the molecule is CC(=NCc1cccc(Cl)c1)c1nc(-c2ccco2)oc1O. The Balaban J connectivity index is 1.82. The van der Waals surface area contributed by atoms with Crippen LogP contribution < -0.4 is 0 Å². The van der Waals surface area contributed by atoms with E-state index in [4.69, 9.17) is 20.4 Å². The van der Waals surface area contributed by atoms with Crippen molar-refractivity contribution in [1.82, 2.24) is 4.98 Å². The highest BCUT2D eigenvalue weighted by Gasteiger charge is 2.17. The van der Waals surface area contributed by atoms with Crippen molar-refractivity contribution in [2.24, 2.45) is 4.99 Å². The van der Waals surface area contributed by atoms with Gasteiger partial charge in [0.1, 0.15) is 0 Å². The Kier molecular flexibility index (Phi) is 3.98. The molecule has 0 radical (unpaired) electrons. The number of halogens is 1. The number of oxazole rings is 1. The second-order valence-corrected chi connectivity index (χ2v) is 5.12. The first-order chi connectivity index (χ1) is 10.6. The second kappa shape index (κ2) is 6.07. The fourth-order valence-electron chi connectivity index (χ4n) is 1.97. The number of aliphatic imine (C=N–C) groups is 1. The van der Waals surface area contributed by atoms with Crippen LogP contribution in [0.5, 0.6) is 5.95 Å². The highest BCUT2D eigenvalue weighted by molar-refractivity contribution is 6.30. The molecule has 0 bridgehead atoms. The second-order valence-electron chi connectivity index (χ2n) is 4.68. The Hall–Kier alpha value is -2.53. The quantitative estimate of drug-likeness (QED) is 0.728. The van der Waals surface area contributed by atoms with E-state index in [1.165, 1.54) is 6.26 Å². The molecule has 0 saturated carbocycles. The Labute approximate surface area is 131 Å². The van der Waals surface area contributed by atoms with E-state index in [1.54, 1.807) is 25.1 Å². The highest BCUT2D eigenvalue weighted by Crippen LogP contribution is 2.27. The van der Waals surface area contributed by atoms with Crippen molar-refractivity contribution in [3.05, 3.63) is 58.9 Å². The average molecular weight is 317 g/mol. The number of rotatable bonds is 4. The third-order valence-electron chi connectivity index (χ3n) is 3.07. The fourth-order valence-corrected chi connectivity index (χ4v) is 2.19. The third kappa shape index (κ3) is 3.04. The summed E-state index contributed by atoms with van der Waals surface area (Å²) in [5, 5.41) is 10.5. The molecule has 0 aliphatic carbocycles. The molecule has 1 aromatic carbocycles. The first-order valence-electron chi connectivity index (χ1n) is 6.63. The largest absolute Gasteiger partial charge is 0.479 e. The molecule has 6 heteroatoms. The lowest BCUT2D eigenvalue weighted by Gasteiger charge is -1.99. The number of furan rings is 1. The molecule has 3 rings (SSSR count). The predicted octanol–water partition coefficient (Wildman–Crippen LogP) is 4.30. The first kappa shape index (κ1) is 14.4. The maximum absolute atomic E-state index is 9.87. The van der Waals surface area contributed by atoms with Crippen LogP contribution in [0.3, 0.4) is 0 Å². The van der Waals surface area contributed by atoms with Crippen LogP contribution in [0.1, 0.15) is 18.2 Å². The molecule has 2 aromatic heterocycles. The molecule has 0 aliphatic rings. The van der Waals surface area contributed by atoms with Gasteiger partial charge in [-0.2, -0.15) is 0 Å². The number of aromatic hydroxyl groups is 1. The summed E-state index contributed by atoms with van der Waals surface area (Å²) in [5.41, 5.74) is 1.84. The molecular formula is C16H13ClN2O3. The van der Waals surface area contributed by atoms with E-state index in [1.807, 2.05) is 18.2 Å².